The number of anilines is 1. The van der Waals surface area contributed by atoms with Crippen molar-refractivity contribution in [1.82, 2.24) is 5.32 Å². The van der Waals surface area contributed by atoms with Crippen molar-refractivity contribution in [2.75, 3.05) is 11.4 Å². The van der Waals surface area contributed by atoms with E-state index in [2.05, 4.69) is 5.32 Å². The first-order valence-electron chi connectivity index (χ1n) is 7.65. The quantitative estimate of drug-likeness (QED) is 0.923. The Hall–Kier alpha value is -2.40. The maximum absolute atomic E-state index is 13.1. The maximum atomic E-state index is 13.1. The van der Waals surface area contributed by atoms with Crippen LogP contribution in [0.4, 0.5) is 10.1 Å². The van der Waals surface area contributed by atoms with E-state index in [0.29, 0.717) is 24.1 Å². The van der Waals surface area contributed by atoms with E-state index >= 15 is 0 Å². The summed E-state index contributed by atoms with van der Waals surface area (Å²) in [6.45, 7) is 2.78. The molecule has 1 heterocycles. The van der Waals surface area contributed by atoms with Gasteiger partial charge < -0.3 is 10.2 Å². The van der Waals surface area contributed by atoms with Crippen molar-refractivity contribution in [3.63, 3.8) is 0 Å². The second-order valence-electron chi connectivity index (χ2n) is 5.59. The summed E-state index contributed by atoms with van der Waals surface area (Å²) in [5, 5.41) is 2.80. The first-order valence-corrected chi connectivity index (χ1v) is 8.03. The van der Waals surface area contributed by atoms with Gasteiger partial charge in [0, 0.05) is 24.3 Å². The van der Waals surface area contributed by atoms with E-state index in [-0.39, 0.29) is 23.4 Å². The van der Waals surface area contributed by atoms with E-state index < -0.39 is 5.82 Å². The second kappa shape index (κ2) is 6.61. The zero-order valence-corrected chi connectivity index (χ0v) is 13.9. The van der Waals surface area contributed by atoms with Crippen LogP contribution in [0.2, 0.25) is 5.02 Å². The van der Waals surface area contributed by atoms with E-state index in [1.54, 1.807) is 29.2 Å². The number of nitrogens with zero attached hydrogens (tertiary/aromatic N) is 1. The number of likely N-dealkylation sites (N-methyl/N-ethyl adjacent to an activating group) is 1. The number of hydrogen-bond donors (Lipinski definition) is 1. The van der Waals surface area contributed by atoms with Crippen LogP contribution in [0.5, 0.6) is 0 Å². The molecule has 3 rings (SSSR count). The summed E-state index contributed by atoms with van der Waals surface area (Å²) in [4.78, 5) is 25.9. The molecule has 124 valence electrons. The number of amides is 2. The molecule has 1 aliphatic heterocycles. The van der Waals surface area contributed by atoms with Crippen LogP contribution in [0.25, 0.3) is 0 Å². The Balaban J connectivity index is 1.71. The van der Waals surface area contributed by atoms with Gasteiger partial charge in [-0.3, -0.25) is 9.59 Å². The zero-order chi connectivity index (χ0) is 17.3. The fourth-order valence-corrected chi connectivity index (χ4v) is 3.01. The summed E-state index contributed by atoms with van der Waals surface area (Å²) in [5.41, 5.74) is 2.93. The molecule has 24 heavy (non-hydrogen) atoms. The molecule has 1 aliphatic rings. The summed E-state index contributed by atoms with van der Waals surface area (Å²) >= 11 is 5.73. The topological polar surface area (TPSA) is 49.4 Å². The molecule has 6 heteroatoms. The lowest BCUT2D eigenvalue weighted by atomic mass is 10.1. The molecule has 0 radical (unpaired) electrons. The van der Waals surface area contributed by atoms with E-state index in [1.165, 1.54) is 12.1 Å². The van der Waals surface area contributed by atoms with Gasteiger partial charge in [0.25, 0.3) is 5.91 Å². The Morgan fingerprint density at radius 3 is 2.79 bits per heavy atom. The van der Waals surface area contributed by atoms with Gasteiger partial charge in [-0.25, -0.2) is 4.39 Å². The number of carbonyl (C=O) groups is 2. The van der Waals surface area contributed by atoms with Crippen molar-refractivity contribution in [3.05, 3.63) is 63.9 Å². The van der Waals surface area contributed by atoms with Crippen LogP contribution in [0, 0.1) is 5.82 Å². The predicted molar refractivity (Wildman–Crippen MR) is 90.8 cm³/mol. The maximum Gasteiger partial charge on any atom is 0.251 e. The monoisotopic (exact) mass is 346 g/mol. The van der Waals surface area contributed by atoms with Gasteiger partial charge in [-0.2, -0.15) is 0 Å². The average Bonchev–Trinajstić information content (AvgIpc) is 2.89. The lowest BCUT2D eigenvalue weighted by Crippen LogP contribution is -2.25. The van der Waals surface area contributed by atoms with Crippen molar-refractivity contribution in [2.45, 2.75) is 19.9 Å². The van der Waals surface area contributed by atoms with Crippen molar-refractivity contribution in [2.24, 2.45) is 0 Å². The van der Waals surface area contributed by atoms with Crippen molar-refractivity contribution in [1.29, 1.82) is 0 Å². The normalized spacial score (nSPS) is 13.1. The Labute approximate surface area is 144 Å². The molecule has 1 N–H and O–H groups in total. The molecule has 0 aliphatic carbocycles. The van der Waals surface area contributed by atoms with Crippen LogP contribution < -0.4 is 10.2 Å². The highest BCUT2D eigenvalue weighted by atomic mass is 35.5. The van der Waals surface area contributed by atoms with Crippen LogP contribution in [-0.2, 0) is 17.8 Å². The predicted octanol–water partition coefficient (Wildman–Crippen LogP) is 3.32. The molecule has 0 atom stereocenters. The molecular formula is C18H16ClFN2O2. The minimum absolute atomic E-state index is 0.0254. The minimum Gasteiger partial charge on any atom is -0.348 e. The standard InChI is InChI=1S/C18H16ClFN2O2/c1-2-22-16-6-4-12(8-13(16)9-17(22)23)18(24)21-10-11-3-5-15(20)14(19)7-11/h3-8H,2,9-10H2,1H3,(H,21,24). The number of rotatable bonds is 4. The van der Waals surface area contributed by atoms with Crippen LogP contribution in [0.3, 0.4) is 0 Å². The van der Waals surface area contributed by atoms with Gasteiger partial charge in [-0.05, 0) is 48.4 Å². The molecule has 2 aromatic rings. The lowest BCUT2D eigenvalue weighted by Gasteiger charge is -2.14. The number of fused-ring (bicyclic) bond motifs is 1. The highest BCUT2D eigenvalue weighted by molar-refractivity contribution is 6.30. The molecule has 0 bridgehead atoms. The Bertz CT molecular complexity index is 823. The lowest BCUT2D eigenvalue weighted by molar-refractivity contribution is -0.117. The molecule has 0 aromatic heterocycles. The Morgan fingerprint density at radius 2 is 2.08 bits per heavy atom. The minimum atomic E-state index is -0.490. The van der Waals surface area contributed by atoms with Gasteiger partial charge in [0.1, 0.15) is 5.82 Å². The summed E-state index contributed by atoms with van der Waals surface area (Å²) in [6.07, 6.45) is 0.317. The number of halogens is 2. The number of benzene rings is 2. The molecule has 0 saturated heterocycles. The van der Waals surface area contributed by atoms with E-state index in [1.807, 2.05) is 6.92 Å². The van der Waals surface area contributed by atoms with Gasteiger partial charge in [0.2, 0.25) is 5.91 Å². The van der Waals surface area contributed by atoms with E-state index in [0.717, 1.165) is 11.3 Å². The third-order valence-electron chi connectivity index (χ3n) is 4.03. The van der Waals surface area contributed by atoms with Gasteiger partial charge in [-0.1, -0.05) is 17.7 Å². The molecule has 0 fully saturated rings. The van der Waals surface area contributed by atoms with Gasteiger partial charge in [-0.15, -0.1) is 0 Å². The van der Waals surface area contributed by atoms with Crippen LogP contribution >= 0.6 is 11.6 Å². The molecule has 0 unspecified atom stereocenters. The number of nitrogens with one attached hydrogen (secondary N) is 1. The SMILES string of the molecule is CCN1C(=O)Cc2cc(C(=O)NCc3ccc(F)c(Cl)c3)ccc21. The van der Waals surface area contributed by atoms with Crippen LogP contribution in [-0.4, -0.2) is 18.4 Å². The first-order chi connectivity index (χ1) is 11.5. The third-order valence-corrected chi connectivity index (χ3v) is 4.32. The molecule has 2 aromatic carbocycles. The highest BCUT2D eigenvalue weighted by Crippen LogP contribution is 2.29. The van der Waals surface area contributed by atoms with Crippen molar-refractivity contribution in [3.8, 4) is 0 Å². The Kier molecular flexibility index (Phi) is 4.53. The van der Waals surface area contributed by atoms with Gasteiger partial charge in [0.15, 0.2) is 0 Å². The number of hydrogen-bond acceptors (Lipinski definition) is 2. The molecule has 0 saturated carbocycles. The van der Waals surface area contributed by atoms with Crippen LogP contribution in [0.1, 0.15) is 28.4 Å². The van der Waals surface area contributed by atoms with E-state index in [9.17, 15) is 14.0 Å². The summed E-state index contributed by atoms with van der Waals surface area (Å²) < 4.78 is 13.1. The van der Waals surface area contributed by atoms with Crippen molar-refractivity contribution >= 4 is 29.1 Å². The summed E-state index contributed by atoms with van der Waals surface area (Å²) in [6, 6.07) is 9.57. The smallest absolute Gasteiger partial charge is 0.251 e. The van der Waals surface area contributed by atoms with Crippen LogP contribution in [0.15, 0.2) is 36.4 Å². The zero-order valence-electron chi connectivity index (χ0n) is 13.1. The number of carbonyl (C=O) groups excluding carboxylic acids is 2. The van der Waals surface area contributed by atoms with Gasteiger partial charge >= 0.3 is 0 Å². The average molecular weight is 347 g/mol. The highest BCUT2D eigenvalue weighted by Gasteiger charge is 2.26. The van der Waals surface area contributed by atoms with Gasteiger partial charge in [0.05, 0.1) is 11.4 Å². The molecule has 0 spiro atoms. The molecule has 2 amide bonds. The summed E-state index contributed by atoms with van der Waals surface area (Å²) in [5.74, 6) is -0.692. The molecule has 4 nitrogen and oxygen atoms in total. The molecular weight excluding hydrogens is 331 g/mol. The third kappa shape index (κ3) is 3.12. The van der Waals surface area contributed by atoms with E-state index in [4.69, 9.17) is 11.6 Å². The Morgan fingerprint density at radius 1 is 1.29 bits per heavy atom. The van der Waals surface area contributed by atoms with Crippen molar-refractivity contribution < 1.29 is 14.0 Å². The summed E-state index contributed by atoms with van der Waals surface area (Å²) in [7, 11) is 0. The largest absolute Gasteiger partial charge is 0.348 e. The first kappa shape index (κ1) is 16.5. The fourth-order valence-electron chi connectivity index (χ4n) is 2.81. The fraction of sp³-hybridized carbons (Fsp3) is 0.222. The second-order valence-corrected chi connectivity index (χ2v) is 6.00.